The number of aliphatic hydroxyl groups is 1. The van der Waals surface area contributed by atoms with Gasteiger partial charge in [-0.1, -0.05) is 6.92 Å². The summed E-state index contributed by atoms with van der Waals surface area (Å²) in [6.07, 6.45) is 0.787. The normalized spacial score (nSPS) is 22.6. The average molecular weight is 322 g/mol. The molecule has 126 valence electrons. The van der Waals surface area contributed by atoms with E-state index >= 15 is 0 Å². The average Bonchev–Trinajstić information content (AvgIpc) is 2.99. The minimum Gasteiger partial charge on any atom is -0.480 e. The second-order valence-electron chi connectivity index (χ2n) is 6.17. The van der Waals surface area contributed by atoms with E-state index in [9.17, 15) is 14.3 Å². The topological polar surface area (TPSA) is 53.0 Å². The molecule has 2 unspecified atom stereocenters. The second-order valence-corrected chi connectivity index (χ2v) is 6.17. The second kappa shape index (κ2) is 6.84. The molecular weight excluding hydrogens is 299 g/mol. The van der Waals surface area contributed by atoms with E-state index in [2.05, 4.69) is 11.8 Å². The first-order valence-corrected chi connectivity index (χ1v) is 8.21. The Morgan fingerprint density at radius 3 is 2.78 bits per heavy atom. The molecule has 0 saturated carbocycles. The summed E-state index contributed by atoms with van der Waals surface area (Å²) in [6.45, 7) is 5.01. The smallest absolute Gasteiger partial charge is 0.264 e. The molecule has 5 nitrogen and oxygen atoms in total. The largest absolute Gasteiger partial charge is 0.480 e. The number of hydrogen-bond acceptors (Lipinski definition) is 4. The summed E-state index contributed by atoms with van der Waals surface area (Å²) in [7, 11) is 0. The molecule has 0 bridgehead atoms. The van der Waals surface area contributed by atoms with Gasteiger partial charge in [0.2, 0.25) is 0 Å². The Morgan fingerprint density at radius 1 is 1.39 bits per heavy atom. The van der Waals surface area contributed by atoms with Crippen LogP contribution in [0.15, 0.2) is 18.2 Å². The third kappa shape index (κ3) is 3.33. The summed E-state index contributed by atoms with van der Waals surface area (Å²) < 4.78 is 18.9. The Hall–Kier alpha value is -1.66. The molecule has 23 heavy (non-hydrogen) atoms. The summed E-state index contributed by atoms with van der Waals surface area (Å²) >= 11 is 0. The maximum absolute atomic E-state index is 13.3. The molecule has 1 fully saturated rings. The molecule has 1 aromatic rings. The zero-order valence-electron chi connectivity index (χ0n) is 13.4. The molecule has 6 heteroatoms. The van der Waals surface area contributed by atoms with Crippen LogP contribution < -0.4 is 4.74 Å². The summed E-state index contributed by atoms with van der Waals surface area (Å²) in [5.41, 5.74) is 0.758. The Morgan fingerprint density at radius 2 is 2.13 bits per heavy atom. The zero-order valence-corrected chi connectivity index (χ0v) is 13.4. The van der Waals surface area contributed by atoms with Gasteiger partial charge in [0.25, 0.3) is 5.91 Å². The van der Waals surface area contributed by atoms with Crippen molar-refractivity contribution < 1.29 is 19.0 Å². The van der Waals surface area contributed by atoms with E-state index in [1.165, 1.54) is 12.1 Å². The van der Waals surface area contributed by atoms with Crippen molar-refractivity contribution in [1.82, 2.24) is 9.80 Å². The number of fused-ring (bicyclic) bond motifs is 1. The number of nitrogens with zero attached hydrogens (tertiary/aromatic N) is 2. The van der Waals surface area contributed by atoms with Crippen LogP contribution in [0.5, 0.6) is 5.75 Å². The van der Waals surface area contributed by atoms with Crippen LogP contribution in [-0.2, 0) is 11.2 Å². The van der Waals surface area contributed by atoms with E-state index in [1.54, 1.807) is 6.07 Å². The van der Waals surface area contributed by atoms with Crippen LogP contribution >= 0.6 is 0 Å². The molecule has 3 rings (SSSR count). The van der Waals surface area contributed by atoms with E-state index in [-0.39, 0.29) is 24.4 Å². The van der Waals surface area contributed by atoms with Gasteiger partial charge in [-0.2, -0.15) is 0 Å². The van der Waals surface area contributed by atoms with Crippen molar-refractivity contribution in [3.8, 4) is 5.75 Å². The van der Waals surface area contributed by atoms with Gasteiger partial charge < -0.3 is 14.7 Å². The van der Waals surface area contributed by atoms with Gasteiger partial charge in [-0.3, -0.25) is 9.69 Å². The van der Waals surface area contributed by atoms with Crippen LogP contribution in [0.3, 0.4) is 0 Å². The highest BCUT2D eigenvalue weighted by Gasteiger charge is 2.34. The first-order chi connectivity index (χ1) is 11.1. The summed E-state index contributed by atoms with van der Waals surface area (Å²) in [6, 6.07) is 4.54. The van der Waals surface area contributed by atoms with Crippen LogP contribution in [0.1, 0.15) is 18.9 Å². The lowest BCUT2D eigenvalue weighted by atomic mass is 10.1. The van der Waals surface area contributed by atoms with Crippen molar-refractivity contribution in [2.24, 2.45) is 0 Å². The molecule has 2 heterocycles. The van der Waals surface area contributed by atoms with Crippen LogP contribution in [0.4, 0.5) is 4.39 Å². The highest BCUT2D eigenvalue weighted by Crippen LogP contribution is 2.30. The Bertz CT molecular complexity index is 569. The number of ether oxygens (including phenoxy) is 1. The molecule has 1 N–H and O–H groups in total. The van der Waals surface area contributed by atoms with E-state index in [4.69, 9.17) is 4.74 Å². The van der Waals surface area contributed by atoms with Crippen LogP contribution in [0.25, 0.3) is 0 Å². The fraction of sp³-hybridized carbons (Fsp3) is 0.588. The molecule has 1 aromatic carbocycles. The van der Waals surface area contributed by atoms with Gasteiger partial charge in [-0.25, -0.2) is 4.39 Å². The quantitative estimate of drug-likeness (QED) is 0.900. The summed E-state index contributed by atoms with van der Waals surface area (Å²) in [5, 5.41) is 9.38. The molecule has 2 aliphatic rings. The number of halogens is 1. The van der Waals surface area contributed by atoms with E-state index in [0.29, 0.717) is 25.3 Å². The molecule has 2 atom stereocenters. The first-order valence-electron chi connectivity index (χ1n) is 8.21. The van der Waals surface area contributed by atoms with Gasteiger partial charge in [-0.05, 0) is 24.6 Å². The molecule has 1 amide bonds. The maximum Gasteiger partial charge on any atom is 0.264 e. The number of carbonyl (C=O) groups excluding carboxylic acids is 1. The predicted molar refractivity (Wildman–Crippen MR) is 83.8 cm³/mol. The first kappa shape index (κ1) is 16.2. The minimum absolute atomic E-state index is 0.0293. The summed E-state index contributed by atoms with van der Waals surface area (Å²) in [4.78, 5) is 16.6. The van der Waals surface area contributed by atoms with Crippen molar-refractivity contribution in [3.05, 3.63) is 29.6 Å². The van der Waals surface area contributed by atoms with Crippen molar-refractivity contribution >= 4 is 5.91 Å². The van der Waals surface area contributed by atoms with E-state index in [1.807, 2.05) is 4.90 Å². The molecule has 0 aromatic heterocycles. The number of hydrogen-bond donors (Lipinski definition) is 1. The fourth-order valence-corrected chi connectivity index (χ4v) is 3.37. The van der Waals surface area contributed by atoms with Gasteiger partial charge in [0.1, 0.15) is 11.6 Å². The maximum atomic E-state index is 13.3. The third-order valence-electron chi connectivity index (χ3n) is 4.80. The van der Waals surface area contributed by atoms with Crippen molar-refractivity contribution in [2.75, 3.05) is 32.8 Å². The van der Waals surface area contributed by atoms with Crippen molar-refractivity contribution in [1.29, 1.82) is 0 Å². The molecule has 0 spiro atoms. The lowest BCUT2D eigenvalue weighted by molar-refractivity contribution is -0.140. The predicted octanol–water partition coefficient (Wildman–Crippen LogP) is 1.04. The molecule has 1 saturated heterocycles. The van der Waals surface area contributed by atoms with Crippen molar-refractivity contribution in [3.63, 3.8) is 0 Å². The fourth-order valence-electron chi connectivity index (χ4n) is 3.37. The lowest BCUT2D eigenvalue weighted by Crippen LogP contribution is -2.55. The van der Waals surface area contributed by atoms with Gasteiger partial charge in [0, 0.05) is 44.2 Å². The van der Waals surface area contributed by atoms with Gasteiger partial charge in [0.15, 0.2) is 6.10 Å². The monoisotopic (exact) mass is 322 g/mol. The summed E-state index contributed by atoms with van der Waals surface area (Å²) in [5.74, 6) is 0.275. The van der Waals surface area contributed by atoms with Crippen LogP contribution in [0.2, 0.25) is 0 Å². The number of rotatable bonds is 4. The molecule has 0 radical (unpaired) electrons. The number of piperazine rings is 1. The Labute approximate surface area is 135 Å². The van der Waals surface area contributed by atoms with Crippen molar-refractivity contribution in [2.45, 2.75) is 31.9 Å². The van der Waals surface area contributed by atoms with E-state index in [0.717, 1.165) is 25.1 Å². The van der Waals surface area contributed by atoms with Gasteiger partial charge >= 0.3 is 0 Å². The number of benzene rings is 1. The Kier molecular flexibility index (Phi) is 4.82. The van der Waals surface area contributed by atoms with Gasteiger partial charge in [0.05, 0.1) is 6.61 Å². The number of amides is 1. The number of aliphatic hydroxyl groups excluding tert-OH is 1. The molecule has 2 aliphatic heterocycles. The number of carbonyl (C=O) groups is 1. The highest BCUT2D eigenvalue weighted by molar-refractivity contribution is 5.82. The van der Waals surface area contributed by atoms with Gasteiger partial charge in [-0.15, -0.1) is 0 Å². The standard InChI is InChI=1S/C17H23FN2O3/c1-2-14(11-21)19-5-7-20(8-6-19)17(22)16-10-12-9-13(18)3-4-15(12)23-16/h3-4,9,14,16,21H,2,5-8,10-11H2,1H3. The third-order valence-corrected chi connectivity index (χ3v) is 4.80. The van der Waals surface area contributed by atoms with Crippen LogP contribution in [0, 0.1) is 5.82 Å². The zero-order chi connectivity index (χ0) is 16.4. The van der Waals surface area contributed by atoms with E-state index < -0.39 is 6.10 Å². The minimum atomic E-state index is -0.543. The highest BCUT2D eigenvalue weighted by atomic mass is 19.1. The lowest BCUT2D eigenvalue weighted by Gasteiger charge is -2.39. The Balaban J connectivity index is 1.57. The SMILES string of the molecule is CCC(CO)N1CCN(C(=O)C2Cc3cc(F)ccc3O2)CC1. The molecule has 0 aliphatic carbocycles. The van der Waals surface area contributed by atoms with Crippen LogP contribution in [-0.4, -0.2) is 65.7 Å². The molecular formula is C17H23FN2O3.